The second-order valence-corrected chi connectivity index (χ2v) is 5.89. The number of nitrogens with one attached hydrogen (secondary N) is 1. The van der Waals surface area contributed by atoms with Crippen molar-refractivity contribution in [3.8, 4) is 11.1 Å². The fourth-order valence-electron chi connectivity index (χ4n) is 2.05. The van der Waals surface area contributed by atoms with Crippen LogP contribution in [0, 0.1) is 0 Å². The quantitative estimate of drug-likeness (QED) is 0.535. The fourth-order valence-corrected chi connectivity index (χ4v) is 2.32. The minimum Gasteiger partial charge on any atom is -0.245 e. The van der Waals surface area contributed by atoms with Gasteiger partial charge in [-0.05, 0) is 30.2 Å². The largest absolute Gasteiger partial charge is 0.245 e. The predicted molar refractivity (Wildman–Crippen MR) is 97.4 cm³/mol. The zero-order chi connectivity index (χ0) is 16.1. The summed E-state index contributed by atoms with van der Waals surface area (Å²) < 4.78 is 1.04. The normalized spacial score (nSPS) is 11.3. The first-order chi connectivity index (χ1) is 11.2. The van der Waals surface area contributed by atoms with Crippen LogP contribution in [0.3, 0.4) is 0 Å². The molecule has 0 atom stereocenters. The van der Waals surface area contributed by atoms with Crippen LogP contribution in [0.15, 0.2) is 76.6 Å². The second-order valence-electron chi connectivity index (χ2n) is 4.98. The van der Waals surface area contributed by atoms with Crippen LogP contribution in [-0.2, 0) is 0 Å². The minimum atomic E-state index is 0.473. The SMILES string of the molecule is C/C(=N\Nc1ncc(-c2ccccc2)cn1)c1ccc(Br)cc1. The minimum absolute atomic E-state index is 0.473. The van der Waals surface area contributed by atoms with Gasteiger partial charge >= 0.3 is 0 Å². The number of hydrogen-bond donors (Lipinski definition) is 1. The molecule has 0 aliphatic heterocycles. The van der Waals surface area contributed by atoms with Gasteiger partial charge in [0, 0.05) is 22.4 Å². The van der Waals surface area contributed by atoms with E-state index in [4.69, 9.17) is 0 Å². The molecule has 23 heavy (non-hydrogen) atoms. The molecule has 5 heteroatoms. The maximum absolute atomic E-state index is 4.32. The molecule has 0 saturated carbocycles. The fraction of sp³-hybridized carbons (Fsp3) is 0.0556. The first-order valence-corrected chi connectivity index (χ1v) is 7.95. The van der Waals surface area contributed by atoms with Crippen molar-refractivity contribution in [3.63, 3.8) is 0 Å². The highest BCUT2D eigenvalue weighted by Crippen LogP contribution is 2.17. The lowest BCUT2D eigenvalue weighted by Gasteiger charge is -2.04. The molecule has 114 valence electrons. The third kappa shape index (κ3) is 4.02. The molecule has 0 spiro atoms. The summed E-state index contributed by atoms with van der Waals surface area (Å²) in [4.78, 5) is 8.60. The summed E-state index contributed by atoms with van der Waals surface area (Å²) in [6.07, 6.45) is 3.57. The molecule has 2 aromatic carbocycles. The molecule has 0 aliphatic rings. The summed E-state index contributed by atoms with van der Waals surface area (Å²) in [6.45, 7) is 1.94. The lowest BCUT2D eigenvalue weighted by atomic mass is 10.1. The number of aromatic nitrogens is 2. The molecule has 0 amide bonds. The Morgan fingerprint density at radius 1 is 0.913 bits per heavy atom. The number of hydrazone groups is 1. The highest BCUT2D eigenvalue weighted by Gasteiger charge is 2.01. The van der Waals surface area contributed by atoms with Crippen molar-refractivity contribution in [2.45, 2.75) is 6.92 Å². The van der Waals surface area contributed by atoms with Crippen LogP contribution in [0.4, 0.5) is 5.95 Å². The van der Waals surface area contributed by atoms with E-state index in [2.05, 4.69) is 36.4 Å². The first kappa shape index (κ1) is 15.4. The Balaban J connectivity index is 1.71. The third-order valence-corrected chi connectivity index (χ3v) is 3.87. The van der Waals surface area contributed by atoms with Crippen molar-refractivity contribution >= 4 is 27.6 Å². The number of anilines is 1. The summed E-state index contributed by atoms with van der Waals surface area (Å²) in [5.74, 6) is 0.473. The Kier molecular flexibility index (Phi) is 4.78. The Hall–Kier alpha value is -2.53. The molecule has 3 rings (SSSR count). The Morgan fingerprint density at radius 2 is 1.57 bits per heavy atom. The Bertz CT molecular complexity index is 797. The summed E-state index contributed by atoms with van der Waals surface area (Å²) in [6, 6.07) is 18.0. The van der Waals surface area contributed by atoms with Gasteiger partial charge in [0.05, 0.1) is 5.71 Å². The van der Waals surface area contributed by atoms with Crippen LogP contribution in [0.5, 0.6) is 0 Å². The second kappa shape index (κ2) is 7.15. The number of nitrogens with zero attached hydrogens (tertiary/aromatic N) is 3. The van der Waals surface area contributed by atoms with E-state index in [1.54, 1.807) is 12.4 Å². The van der Waals surface area contributed by atoms with Crippen LogP contribution < -0.4 is 5.43 Å². The van der Waals surface area contributed by atoms with E-state index in [1.165, 1.54) is 0 Å². The lowest BCUT2D eigenvalue weighted by molar-refractivity contribution is 1.12. The van der Waals surface area contributed by atoms with Crippen molar-refractivity contribution in [2.75, 3.05) is 5.43 Å². The molecule has 0 aliphatic carbocycles. The van der Waals surface area contributed by atoms with Crippen LogP contribution >= 0.6 is 15.9 Å². The topological polar surface area (TPSA) is 50.2 Å². The highest BCUT2D eigenvalue weighted by atomic mass is 79.9. The van der Waals surface area contributed by atoms with Gasteiger partial charge in [-0.1, -0.05) is 58.4 Å². The van der Waals surface area contributed by atoms with Gasteiger partial charge < -0.3 is 0 Å². The molecule has 0 radical (unpaired) electrons. The maximum atomic E-state index is 4.32. The molecule has 0 unspecified atom stereocenters. The standard InChI is InChI=1S/C18H15BrN4/c1-13(14-7-9-17(19)10-8-14)22-23-18-20-11-16(12-21-18)15-5-3-2-4-6-15/h2-12H,1H3,(H,20,21,23)/b22-13+. The van der Waals surface area contributed by atoms with Crippen molar-refractivity contribution in [1.29, 1.82) is 0 Å². The zero-order valence-electron chi connectivity index (χ0n) is 12.6. The summed E-state index contributed by atoms with van der Waals surface area (Å²) in [5, 5.41) is 4.32. The number of benzene rings is 2. The number of halogens is 1. The summed E-state index contributed by atoms with van der Waals surface area (Å²) in [7, 11) is 0. The average Bonchev–Trinajstić information content (AvgIpc) is 2.61. The molecule has 0 bridgehead atoms. The van der Waals surface area contributed by atoms with E-state index >= 15 is 0 Å². The van der Waals surface area contributed by atoms with Crippen LogP contribution in [0.1, 0.15) is 12.5 Å². The van der Waals surface area contributed by atoms with Gasteiger partial charge in [0.15, 0.2) is 0 Å². The van der Waals surface area contributed by atoms with Gasteiger partial charge in [-0.3, -0.25) is 0 Å². The summed E-state index contributed by atoms with van der Waals surface area (Å²) in [5.41, 5.74) is 6.87. The molecule has 1 heterocycles. The molecule has 1 aromatic heterocycles. The molecular formula is C18H15BrN4. The van der Waals surface area contributed by atoms with Gasteiger partial charge in [-0.25, -0.2) is 15.4 Å². The third-order valence-electron chi connectivity index (χ3n) is 3.34. The maximum Gasteiger partial charge on any atom is 0.243 e. The first-order valence-electron chi connectivity index (χ1n) is 7.16. The van der Waals surface area contributed by atoms with Crippen molar-refractivity contribution in [2.24, 2.45) is 5.10 Å². The highest BCUT2D eigenvalue weighted by molar-refractivity contribution is 9.10. The van der Waals surface area contributed by atoms with Gasteiger partial charge in [-0.2, -0.15) is 5.10 Å². The van der Waals surface area contributed by atoms with E-state index in [1.807, 2.05) is 61.5 Å². The van der Waals surface area contributed by atoms with Crippen LogP contribution in [0.2, 0.25) is 0 Å². The van der Waals surface area contributed by atoms with E-state index in [9.17, 15) is 0 Å². The lowest BCUT2D eigenvalue weighted by Crippen LogP contribution is -2.02. The molecular weight excluding hydrogens is 352 g/mol. The zero-order valence-corrected chi connectivity index (χ0v) is 14.2. The Morgan fingerprint density at radius 3 is 2.22 bits per heavy atom. The molecule has 0 fully saturated rings. The molecule has 3 aromatic rings. The van der Waals surface area contributed by atoms with Crippen molar-refractivity contribution in [3.05, 3.63) is 77.0 Å². The van der Waals surface area contributed by atoms with Crippen molar-refractivity contribution < 1.29 is 0 Å². The van der Waals surface area contributed by atoms with E-state index < -0.39 is 0 Å². The monoisotopic (exact) mass is 366 g/mol. The van der Waals surface area contributed by atoms with Crippen LogP contribution in [-0.4, -0.2) is 15.7 Å². The predicted octanol–water partition coefficient (Wildman–Crippen LogP) is 4.74. The molecule has 0 saturated heterocycles. The van der Waals surface area contributed by atoms with E-state index in [0.717, 1.165) is 26.9 Å². The van der Waals surface area contributed by atoms with Crippen molar-refractivity contribution in [1.82, 2.24) is 9.97 Å². The number of rotatable bonds is 4. The smallest absolute Gasteiger partial charge is 0.243 e. The van der Waals surface area contributed by atoms with Gasteiger partial charge in [-0.15, -0.1) is 0 Å². The number of hydrogen-bond acceptors (Lipinski definition) is 4. The Labute approximate surface area is 143 Å². The molecule has 1 N–H and O–H groups in total. The van der Waals surface area contributed by atoms with Gasteiger partial charge in [0.2, 0.25) is 5.95 Å². The van der Waals surface area contributed by atoms with E-state index in [0.29, 0.717) is 5.95 Å². The van der Waals surface area contributed by atoms with Gasteiger partial charge in [0.1, 0.15) is 0 Å². The average molecular weight is 367 g/mol. The van der Waals surface area contributed by atoms with Crippen LogP contribution in [0.25, 0.3) is 11.1 Å². The summed E-state index contributed by atoms with van der Waals surface area (Å²) >= 11 is 3.42. The van der Waals surface area contributed by atoms with E-state index in [-0.39, 0.29) is 0 Å². The van der Waals surface area contributed by atoms with Gasteiger partial charge in [0.25, 0.3) is 0 Å². The molecule has 4 nitrogen and oxygen atoms in total.